The fraction of sp³-hybridized carbons (Fsp3) is 0. The van der Waals surface area contributed by atoms with Crippen molar-refractivity contribution in [1.29, 1.82) is 0 Å². The molecule has 1 aromatic heterocycles. The van der Waals surface area contributed by atoms with Crippen molar-refractivity contribution in [2.45, 2.75) is 0 Å². The average Bonchev–Trinajstić information content (AvgIpc) is 1.88. The lowest BCUT2D eigenvalue weighted by atomic mass is 10.4. The molecule has 2 nitrogen and oxygen atoms in total. The Morgan fingerprint density at radius 3 is 2.55 bits per heavy atom. The smallest absolute Gasteiger partial charge is 0.270 e. The summed E-state index contributed by atoms with van der Waals surface area (Å²) in [6.45, 7) is 0. The zero-order chi connectivity index (χ0) is 7.56. The van der Waals surface area contributed by atoms with E-state index in [4.69, 9.17) is 23.2 Å². The van der Waals surface area contributed by atoms with Crippen LogP contribution in [0.2, 0.25) is 5.02 Å². The number of rotatable bonds is 1. The highest BCUT2D eigenvalue weighted by atomic mass is 35.5. The topological polar surface area (TPSA) is 30.0 Å². The van der Waals surface area contributed by atoms with E-state index in [9.17, 15) is 4.79 Å². The summed E-state index contributed by atoms with van der Waals surface area (Å²) in [4.78, 5) is 14.1. The number of nitrogens with zero attached hydrogens (tertiary/aromatic N) is 1. The minimum Gasteiger partial charge on any atom is -0.274 e. The first-order valence-corrected chi connectivity index (χ1v) is 3.27. The van der Waals surface area contributed by atoms with Crippen LogP contribution in [0.3, 0.4) is 0 Å². The zero-order valence-corrected chi connectivity index (χ0v) is 7.58. The van der Waals surface area contributed by atoms with Crippen LogP contribution in [0.1, 0.15) is 10.5 Å². The second-order valence-corrected chi connectivity index (χ2v) is 2.41. The van der Waals surface area contributed by atoms with Crippen LogP contribution in [-0.4, -0.2) is 10.2 Å². The highest BCUT2D eigenvalue weighted by Crippen LogP contribution is 2.09. The Kier molecular flexibility index (Phi) is 4.42. The van der Waals surface area contributed by atoms with Gasteiger partial charge >= 0.3 is 0 Å². The first-order chi connectivity index (χ1) is 4.70. The summed E-state index contributed by atoms with van der Waals surface area (Å²) in [5, 5.41) is -0.137. The second-order valence-electron chi connectivity index (χ2n) is 1.63. The van der Waals surface area contributed by atoms with E-state index in [0.29, 0.717) is 5.02 Å². The first kappa shape index (κ1) is 10.7. The Morgan fingerprint density at radius 2 is 2.18 bits per heavy atom. The maximum atomic E-state index is 10.4. The van der Waals surface area contributed by atoms with Crippen LogP contribution < -0.4 is 0 Å². The molecule has 0 aliphatic heterocycles. The van der Waals surface area contributed by atoms with E-state index < -0.39 is 5.24 Å². The van der Waals surface area contributed by atoms with E-state index in [1.54, 1.807) is 6.07 Å². The van der Waals surface area contributed by atoms with Crippen LogP contribution in [0.5, 0.6) is 0 Å². The summed E-state index contributed by atoms with van der Waals surface area (Å²) in [6, 6.07) is 2.99. The summed E-state index contributed by atoms with van der Waals surface area (Å²) in [5.74, 6) is 0. The summed E-state index contributed by atoms with van der Waals surface area (Å²) in [5.41, 5.74) is 0.175. The Morgan fingerprint density at radius 1 is 1.55 bits per heavy atom. The molecule has 0 aliphatic carbocycles. The number of hydrogen-bond acceptors (Lipinski definition) is 2. The summed E-state index contributed by atoms with van der Waals surface area (Å²) < 4.78 is 0. The molecule has 11 heavy (non-hydrogen) atoms. The molecule has 0 aromatic carbocycles. The van der Waals surface area contributed by atoms with E-state index in [0.717, 1.165) is 0 Å². The van der Waals surface area contributed by atoms with Gasteiger partial charge < -0.3 is 0 Å². The van der Waals surface area contributed by atoms with Gasteiger partial charge in [0, 0.05) is 11.2 Å². The maximum Gasteiger partial charge on any atom is 0.270 e. The van der Waals surface area contributed by atoms with Gasteiger partial charge in [-0.15, -0.1) is 12.4 Å². The van der Waals surface area contributed by atoms with E-state index >= 15 is 0 Å². The fourth-order valence-electron chi connectivity index (χ4n) is 0.512. The van der Waals surface area contributed by atoms with Crippen molar-refractivity contribution < 1.29 is 4.79 Å². The molecule has 1 heterocycles. The standard InChI is InChI=1S/C6H3Cl2NO.ClH/c7-4-1-2-9-5(3-4)6(8)10;/h1-3H;1H. The molecule has 0 saturated heterocycles. The molecule has 5 heteroatoms. The Labute approximate surface area is 79.9 Å². The fourth-order valence-corrected chi connectivity index (χ4v) is 0.775. The quantitative estimate of drug-likeness (QED) is 0.670. The molecular formula is C6H4Cl3NO. The summed E-state index contributed by atoms with van der Waals surface area (Å²) in [7, 11) is 0. The van der Waals surface area contributed by atoms with E-state index in [-0.39, 0.29) is 18.1 Å². The highest BCUT2D eigenvalue weighted by Gasteiger charge is 2.01. The molecule has 0 radical (unpaired) electrons. The monoisotopic (exact) mass is 211 g/mol. The van der Waals surface area contributed by atoms with Crippen LogP contribution in [0.15, 0.2) is 18.3 Å². The molecule has 0 aliphatic rings. The number of pyridine rings is 1. The molecule has 0 N–H and O–H groups in total. The predicted octanol–water partition coefficient (Wildman–Crippen LogP) is 2.54. The van der Waals surface area contributed by atoms with Gasteiger partial charge in [0.25, 0.3) is 5.24 Å². The molecule has 0 bridgehead atoms. The van der Waals surface area contributed by atoms with Gasteiger partial charge in [0.1, 0.15) is 5.69 Å². The van der Waals surface area contributed by atoms with Crippen LogP contribution in [0, 0.1) is 0 Å². The van der Waals surface area contributed by atoms with E-state index in [2.05, 4.69) is 4.98 Å². The molecule has 0 fully saturated rings. The first-order valence-electron chi connectivity index (χ1n) is 2.51. The number of hydrogen-bond donors (Lipinski definition) is 0. The number of carbonyl (C=O) groups excluding carboxylic acids is 1. The maximum absolute atomic E-state index is 10.4. The Hall–Kier alpha value is -0.310. The van der Waals surface area contributed by atoms with Crippen LogP contribution in [0.25, 0.3) is 0 Å². The minimum absolute atomic E-state index is 0. The molecule has 0 amide bonds. The number of halogens is 3. The molecule has 60 valence electrons. The Bertz CT molecular complexity index is 264. The molecule has 0 unspecified atom stereocenters. The van der Waals surface area contributed by atoms with Gasteiger partial charge in [0.05, 0.1) is 0 Å². The van der Waals surface area contributed by atoms with E-state index in [1.165, 1.54) is 12.3 Å². The second kappa shape index (κ2) is 4.54. The normalized spacial score (nSPS) is 8.55. The SMILES string of the molecule is Cl.O=C(Cl)c1cc(Cl)ccn1. The van der Waals surface area contributed by atoms with Crippen LogP contribution in [-0.2, 0) is 0 Å². The van der Waals surface area contributed by atoms with E-state index in [1.807, 2.05) is 0 Å². The molecule has 1 rings (SSSR count). The third kappa shape index (κ3) is 3.06. The van der Waals surface area contributed by atoms with Gasteiger partial charge in [-0.3, -0.25) is 9.78 Å². The lowest BCUT2D eigenvalue weighted by Gasteiger charge is -1.90. The largest absolute Gasteiger partial charge is 0.274 e. The van der Waals surface area contributed by atoms with Gasteiger partial charge in [-0.2, -0.15) is 0 Å². The van der Waals surface area contributed by atoms with Crippen molar-refractivity contribution >= 4 is 40.9 Å². The zero-order valence-electron chi connectivity index (χ0n) is 5.25. The van der Waals surface area contributed by atoms with Crippen LogP contribution >= 0.6 is 35.6 Å². The van der Waals surface area contributed by atoms with Gasteiger partial charge in [-0.05, 0) is 23.7 Å². The lowest BCUT2D eigenvalue weighted by molar-refractivity contribution is 0.107. The van der Waals surface area contributed by atoms with Crippen LogP contribution in [0.4, 0.5) is 0 Å². The minimum atomic E-state index is -0.595. The molecule has 0 spiro atoms. The Balaban J connectivity index is 0.000001000. The average molecular weight is 212 g/mol. The highest BCUT2D eigenvalue weighted by molar-refractivity contribution is 6.67. The molecule has 1 aromatic rings. The lowest BCUT2D eigenvalue weighted by Crippen LogP contribution is -1.91. The van der Waals surface area contributed by atoms with Gasteiger partial charge in [0.2, 0.25) is 0 Å². The third-order valence-corrected chi connectivity index (χ3v) is 1.35. The van der Waals surface area contributed by atoms with Crippen molar-refractivity contribution in [3.8, 4) is 0 Å². The molecule has 0 saturated carbocycles. The summed E-state index contributed by atoms with van der Waals surface area (Å²) in [6.07, 6.45) is 1.43. The van der Waals surface area contributed by atoms with Gasteiger partial charge in [-0.1, -0.05) is 11.6 Å². The van der Waals surface area contributed by atoms with Crippen molar-refractivity contribution in [2.75, 3.05) is 0 Å². The van der Waals surface area contributed by atoms with Crippen molar-refractivity contribution in [2.24, 2.45) is 0 Å². The third-order valence-electron chi connectivity index (χ3n) is 0.923. The summed E-state index contributed by atoms with van der Waals surface area (Å²) >= 11 is 10.7. The molecule has 0 atom stereocenters. The number of carbonyl (C=O) groups is 1. The van der Waals surface area contributed by atoms with Crippen molar-refractivity contribution in [3.63, 3.8) is 0 Å². The van der Waals surface area contributed by atoms with Gasteiger partial charge in [0.15, 0.2) is 0 Å². The van der Waals surface area contributed by atoms with Crippen molar-refractivity contribution in [1.82, 2.24) is 4.98 Å². The predicted molar refractivity (Wildman–Crippen MR) is 46.7 cm³/mol. The van der Waals surface area contributed by atoms with Gasteiger partial charge in [-0.25, -0.2) is 0 Å². The number of aromatic nitrogens is 1. The molecular weight excluding hydrogens is 208 g/mol. The van der Waals surface area contributed by atoms with Crippen molar-refractivity contribution in [3.05, 3.63) is 29.0 Å².